The highest BCUT2D eigenvalue weighted by molar-refractivity contribution is 6.08. The van der Waals surface area contributed by atoms with Crippen LogP contribution in [-0.4, -0.2) is 41.5 Å². The maximum Gasteiger partial charge on any atom is 0.325 e. The first kappa shape index (κ1) is 21.9. The Morgan fingerprint density at radius 1 is 1.03 bits per heavy atom. The van der Waals surface area contributed by atoms with Gasteiger partial charge in [-0.15, -0.1) is 0 Å². The number of halogens is 1. The molecule has 1 amide bonds. The SMILES string of the molecule is COC(=O)Cn1c(C)c(C2=CCCN(C(=O)c3cccc4ccccc34)C2)c2cc(F)ccc21. The molecule has 0 atom stereocenters. The number of amides is 1. The van der Waals surface area contributed by atoms with Crippen molar-refractivity contribution in [3.63, 3.8) is 0 Å². The minimum absolute atomic E-state index is 0.0236. The molecule has 5 nitrogen and oxygen atoms in total. The van der Waals surface area contributed by atoms with Gasteiger partial charge < -0.3 is 14.2 Å². The quantitative estimate of drug-likeness (QED) is 0.389. The summed E-state index contributed by atoms with van der Waals surface area (Å²) in [7, 11) is 1.35. The number of methoxy groups -OCH3 is 1. The average Bonchev–Trinajstić information content (AvgIpc) is 3.13. The fraction of sp³-hybridized carbons (Fsp3) is 0.214. The Labute approximate surface area is 197 Å². The predicted molar refractivity (Wildman–Crippen MR) is 131 cm³/mol. The van der Waals surface area contributed by atoms with Gasteiger partial charge in [0.25, 0.3) is 5.91 Å². The van der Waals surface area contributed by atoms with Crippen LogP contribution in [0.15, 0.2) is 66.7 Å². The Kier molecular flexibility index (Phi) is 5.65. The summed E-state index contributed by atoms with van der Waals surface area (Å²) < 4.78 is 21.0. The molecule has 0 unspecified atom stereocenters. The van der Waals surface area contributed by atoms with E-state index in [1.54, 1.807) is 6.07 Å². The summed E-state index contributed by atoms with van der Waals surface area (Å²) >= 11 is 0. The number of hydrogen-bond acceptors (Lipinski definition) is 3. The Morgan fingerprint density at radius 3 is 2.65 bits per heavy atom. The van der Waals surface area contributed by atoms with E-state index in [4.69, 9.17) is 4.74 Å². The third kappa shape index (κ3) is 3.75. The molecule has 172 valence electrons. The molecule has 1 aromatic heterocycles. The van der Waals surface area contributed by atoms with Crippen molar-refractivity contribution in [2.45, 2.75) is 19.9 Å². The van der Waals surface area contributed by atoms with E-state index in [9.17, 15) is 14.0 Å². The topological polar surface area (TPSA) is 51.5 Å². The van der Waals surface area contributed by atoms with E-state index in [0.717, 1.165) is 38.5 Å². The van der Waals surface area contributed by atoms with E-state index >= 15 is 0 Å². The molecule has 0 radical (unpaired) electrons. The maximum absolute atomic E-state index is 14.2. The fourth-order valence-electron chi connectivity index (χ4n) is 4.94. The first-order valence-corrected chi connectivity index (χ1v) is 11.3. The highest BCUT2D eigenvalue weighted by atomic mass is 19.1. The van der Waals surface area contributed by atoms with Crippen LogP contribution in [0.25, 0.3) is 27.2 Å². The molecule has 0 bridgehead atoms. The van der Waals surface area contributed by atoms with Gasteiger partial charge in [0.2, 0.25) is 0 Å². The van der Waals surface area contributed by atoms with Crippen molar-refractivity contribution in [3.05, 3.63) is 89.4 Å². The van der Waals surface area contributed by atoms with Crippen molar-refractivity contribution in [2.24, 2.45) is 0 Å². The van der Waals surface area contributed by atoms with Crippen molar-refractivity contribution < 1.29 is 18.7 Å². The Morgan fingerprint density at radius 2 is 1.82 bits per heavy atom. The lowest BCUT2D eigenvalue weighted by Gasteiger charge is -2.28. The van der Waals surface area contributed by atoms with Crippen LogP contribution in [0.4, 0.5) is 4.39 Å². The fourth-order valence-corrected chi connectivity index (χ4v) is 4.94. The molecule has 1 aliphatic rings. The van der Waals surface area contributed by atoms with Gasteiger partial charge in [0.05, 0.1) is 7.11 Å². The van der Waals surface area contributed by atoms with E-state index in [1.165, 1.54) is 19.2 Å². The van der Waals surface area contributed by atoms with Crippen LogP contribution in [0.1, 0.15) is 28.0 Å². The second-order valence-electron chi connectivity index (χ2n) is 8.56. The molecule has 34 heavy (non-hydrogen) atoms. The van der Waals surface area contributed by atoms with Crippen LogP contribution in [0.2, 0.25) is 0 Å². The number of carbonyl (C=O) groups excluding carboxylic acids is 2. The Bertz CT molecular complexity index is 1460. The molecule has 0 saturated heterocycles. The number of hydrogen-bond donors (Lipinski definition) is 0. The lowest BCUT2D eigenvalue weighted by atomic mass is 9.97. The zero-order valence-corrected chi connectivity index (χ0v) is 19.2. The van der Waals surface area contributed by atoms with E-state index < -0.39 is 0 Å². The van der Waals surface area contributed by atoms with Gasteiger partial charge in [0.15, 0.2) is 0 Å². The summed E-state index contributed by atoms with van der Waals surface area (Å²) in [6.07, 6.45) is 2.81. The van der Waals surface area contributed by atoms with Gasteiger partial charge in [0, 0.05) is 40.8 Å². The first-order valence-electron chi connectivity index (χ1n) is 11.3. The summed E-state index contributed by atoms with van der Waals surface area (Å²) in [5.41, 5.74) is 4.11. The van der Waals surface area contributed by atoms with Gasteiger partial charge in [-0.05, 0) is 54.0 Å². The number of esters is 1. The molecule has 0 aliphatic carbocycles. The lowest BCUT2D eigenvalue weighted by molar-refractivity contribution is -0.141. The smallest absolute Gasteiger partial charge is 0.325 e. The average molecular weight is 457 g/mol. The molecule has 4 aromatic rings. The van der Waals surface area contributed by atoms with Crippen LogP contribution in [-0.2, 0) is 16.1 Å². The molecule has 0 spiro atoms. The molecule has 5 rings (SSSR count). The Balaban J connectivity index is 1.54. The van der Waals surface area contributed by atoms with Crippen LogP contribution >= 0.6 is 0 Å². The largest absolute Gasteiger partial charge is 0.468 e. The number of fused-ring (bicyclic) bond motifs is 2. The Hall–Kier alpha value is -3.93. The highest BCUT2D eigenvalue weighted by Crippen LogP contribution is 2.35. The third-order valence-electron chi connectivity index (χ3n) is 6.58. The summed E-state index contributed by atoms with van der Waals surface area (Å²) in [5.74, 6) is -0.741. The number of aromatic nitrogens is 1. The van der Waals surface area contributed by atoms with Gasteiger partial charge in [-0.2, -0.15) is 0 Å². The maximum atomic E-state index is 14.2. The molecule has 6 heteroatoms. The molecule has 0 fully saturated rings. The van der Waals surface area contributed by atoms with Gasteiger partial charge in [0.1, 0.15) is 12.4 Å². The van der Waals surface area contributed by atoms with Crippen molar-refractivity contribution in [3.8, 4) is 0 Å². The van der Waals surface area contributed by atoms with Crippen LogP contribution in [0, 0.1) is 12.7 Å². The van der Waals surface area contributed by atoms with Crippen molar-refractivity contribution in [1.82, 2.24) is 9.47 Å². The van der Waals surface area contributed by atoms with Gasteiger partial charge in [-0.1, -0.05) is 42.5 Å². The van der Waals surface area contributed by atoms with E-state index in [1.807, 2.05) is 58.9 Å². The van der Waals surface area contributed by atoms with Crippen LogP contribution in [0.3, 0.4) is 0 Å². The van der Waals surface area contributed by atoms with Crippen molar-refractivity contribution in [2.75, 3.05) is 20.2 Å². The summed E-state index contributed by atoms with van der Waals surface area (Å²) in [5, 5.41) is 2.68. The first-order chi connectivity index (χ1) is 16.5. The molecule has 1 aliphatic heterocycles. The zero-order chi connectivity index (χ0) is 23.8. The van der Waals surface area contributed by atoms with E-state index in [-0.39, 0.29) is 24.2 Å². The minimum Gasteiger partial charge on any atom is -0.468 e. The monoisotopic (exact) mass is 456 g/mol. The van der Waals surface area contributed by atoms with Gasteiger partial charge >= 0.3 is 5.97 Å². The molecule has 2 heterocycles. The van der Waals surface area contributed by atoms with Gasteiger partial charge in [-0.25, -0.2) is 4.39 Å². The number of nitrogens with zero attached hydrogens (tertiary/aromatic N) is 2. The number of benzene rings is 3. The number of carbonyl (C=O) groups is 2. The van der Waals surface area contributed by atoms with Crippen molar-refractivity contribution in [1.29, 1.82) is 0 Å². The molecular formula is C28H25FN2O3. The highest BCUT2D eigenvalue weighted by Gasteiger charge is 2.26. The number of ether oxygens (including phenoxy) is 1. The minimum atomic E-state index is -0.374. The second kappa shape index (κ2) is 8.78. The number of rotatable bonds is 4. The standard InChI is InChI=1S/C28H25FN2O3/c1-18-27(24-15-21(29)12-13-25(24)31(18)17-26(32)34-2)20-9-6-14-30(16-20)28(33)23-11-5-8-19-7-3-4-10-22(19)23/h3-5,7-13,15H,6,14,16-17H2,1-2H3. The summed E-state index contributed by atoms with van der Waals surface area (Å²) in [6.45, 7) is 2.98. The van der Waals surface area contributed by atoms with Gasteiger partial charge in [-0.3, -0.25) is 9.59 Å². The van der Waals surface area contributed by atoms with E-state index in [0.29, 0.717) is 25.1 Å². The van der Waals surface area contributed by atoms with Crippen molar-refractivity contribution >= 4 is 39.1 Å². The van der Waals surface area contributed by atoms with E-state index in [2.05, 4.69) is 6.08 Å². The molecular weight excluding hydrogens is 431 g/mol. The molecule has 3 aromatic carbocycles. The normalized spacial score (nSPS) is 13.9. The van der Waals surface area contributed by atoms with Crippen LogP contribution < -0.4 is 0 Å². The summed E-state index contributed by atoms with van der Waals surface area (Å²) in [4.78, 5) is 27.5. The summed E-state index contributed by atoms with van der Waals surface area (Å²) in [6, 6.07) is 18.2. The van der Waals surface area contributed by atoms with Crippen LogP contribution in [0.5, 0.6) is 0 Å². The predicted octanol–water partition coefficient (Wildman–Crippen LogP) is 5.34. The third-order valence-corrected chi connectivity index (χ3v) is 6.58. The second-order valence-corrected chi connectivity index (χ2v) is 8.56. The molecule has 0 N–H and O–H groups in total. The molecule has 0 saturated carbocycles. The lowest BCUT2D eigenvalue weighted by Crippen LogP contribution is -2.35. The zero-order valence-electron chi connectivity index (χ0n) is 19.2.